The molecule has 6 heteroatoms. The minimum absolute atomic E-state index is 0.00198. The van der Waals surface area contributed by atoms with Gasteiger partial charge in [-0.2, -0.15) is 0 Å². The molecule has 0 bridgehead atoms. The van der Waals surface area contributed by atoms with Crippen LogP contribution in [0.1, 0.15) is 16.7 Å². The second kappa shape index (κ2) is 7.80. The lowest BCUT2D eigenvalue weighted by Gasteiger charge is -2.15. The number of hydrogen-bond acceptors (Lipinski definition) is 4. The van der Waals surface area contributed by atoms with Gasteiger partial charge in [0.25, 0.3) is 0 Å². The smallest absolute Gasteiger partial charge is 0.227 e. The number of aryl methyl sites for hydroxylation is 3. The van der Waals surface area contributed by atoms with Crippen molar-refractivity contribution in [3.05, 3.63) is 95.8 Å². The standard InChI is InChI=1S/C24H23N3O2S/c1-17-12-14-20(15-13-17)30(28,29)24-23(26-21-10-6-4-8-18(21)2)27(16-25-24)22-11-7-5-9-19(22)3/h4-16,26H,1-3H3. The van der Waals surface area contributed by atoms with E-state index in [0.717, 1.165) is 28.1 Å². The summed E-state index contributed by atoms with van der Waals surface area (Å²) in [6, 6.07) is 22.4. The molecule has 30 heavy (non-hydrogen) atoms. The van der Waals surface area contributed by atoms with E-state index in [1.54, 1.807) is 35.2 Å². The van der Waals surface area contributed by atoms with Crippen LogP contribution in [-0.2, 0) is 9.84 Å². The quantitative estimate of drug-likeness (QED) is 0.474. The van der Waals surface area contributed by atoms with Crippen molar-refractivity contribution in [2.45, 2.75) is 30.7 Å². The predicted molar refractivity (Wildman–Crippen MR) is 119 cm³/mol. The van der Waals surface area contributed by atoms with Crippen LogP contribution < -0.4 is 5.32 Å². The third-order valence-electron chi connectivity index (χ3n) is 5.09. The Hall–Kier alpha value is -3.38. The van der Waals surface area contributed by atoms with Crippen LogP contribution in [0.2, 0.25) is 0 Å². The van der Waals surface area contributed by atoms with Crippen molar-refractivity contribution in [2.24, 2.45) is 0 Å². The van der Waals surface area contributed by atoms with Crippen molar-refractivity contribution in [3.8, 4) is 5.69 Å². The zero-order chi connectivity index (χ0) is 21.3. The summed E-state index contributed by atoms with van der Waals surface area (Å²) in [5.41, 5.74) is 4.72. The molecular weight excluding hydrogens is 394 g/mol. The number of aromatic nitrogens is 2. The minimum Gasteiger partial charge on any atom is -0.339 e. The summed E-state index contributed by atoms with van der Waals surface area (Å²) < 4.78 is 28.7. The van der Waals surface area contributed by atoms with Crippen LogP contribution in [0.15, 0.2) is 89.0 Å². The van der Waals surface area contributed by atoms with Crippen LogP contribution in [0.3, 0.4) is 0 Å². The number of nitrogens with zero attached hydrogens (tertiary/aromatic N) is 2. The number of imidazole rings is 1. The summed E-state index contributed by atoms with van der Waals surface area (Å²) >= 11 is 0. The summed E-state index contributed by atoms with van der Waals surface area (Å²) in [7, 11) is -3.81. The lowest BCUT2D eigenvalue weighted by atomic mass is 10.2. The Morgan fingerprint density at radius 1 is 0.800 bits per heavy atom. The number of rotatable bonds is 5. The molecule has 0 aliphatic heterocycles. The second-order valence-corrected chi connectivity index (χ2v) is 9.18. The Morgan fingerprint density at radius 2 is 1.43 bits per heavy atom. The molecule has 152 valence electrons. The highest BCUT2D eigenvalue weighted by Crippen LogP contribution is 2.32. The molecule has 5 nitrogen and oxygen atoms in total. The van der Waals surface area contributed by atoms with Gasteiger partial charge in [-0.25, -0.2) is 13.4 Å². The Balaban J connectivity index is 1.92. The Labute approximate surface area is 177 Å². The van der Waals surface area contributed by atoms with Crippen LogP contribution in [0.5, 0.6) is 0 Å². The van der Waals surface area contributed by atoms with E-state index < -0.39 is 9.84 Å². The second-order valence-electron chi connectivity index (χ2n) is 7.31. The SMILES string of the molecule is Cc1ccc(S(=O)(=O)c2ncn(-c3ccccc3C)c2Nc2ccccc2C)cc1. The van der Waals surface area contributed by atoms with Crippen molar-refractivity contribution in [3.63, 3.8) is 0 Å². The molecule has 0 aliphatic rings. The van der Waals surface area contributed by atoms with E-state index in [-0.39, 0.29) is 9.92 Å². The van der Waals surface area contributed by atoms with Gasteiger partial charge in [0.05, 0.1) is 10.6 Å². The van der Waals surface area contributed by atoms with E-state index in [1.807, 2.05) is 69.3 Å². The molecule has 0 amide bonds. The number of para-hydroxylation sites is 2. The van der Waals surface area contributed by atoms with Gasteiger partial charge in [-0.3, -0.25) is 4.57 Å². The monoisotopic (exact) mass is 417 g/mol. The fourth-order valence-corrected chi connectivity index (χ4v) is 4.64. The van der Waals surface area contributed by atoms with Crippen molar-refractivity contribution < 1.29 is 8.42 Å². The van der Waals surface area contributed by atoms with E-state index in [0.29, 0.717) is 5.82 Å². The lowest BCUT2D eigenvalue weighted by Crippen LogP contribution is -2.09. The summed E-state index contributed by atoms with van der Waals surface area (Å²) in [6.07, 6.45) is 1.56. The van der Waals surface area contributed by atoms with Crippen LogP contribution in [-0.4, -0.2) is 18.0 Å². The molecule has 1 N–H and O–H groups in total. The maximum Gasteiger partial charge on any atom is 0.227 e. The molecule has 0 spiro atoms. The number of nitrogens with one attached hydrogen (secondary N) is 1. The average molecular weight is 418 g/mol. The molecular formula is C24H23N3O2S. The highest BCUT2D eigenvalue weighted by Gasteiger charge is 2.27. The predicted octanol–water partition coefficient (Wildman–Crippen LogP) is 5.37. The highest BCUT2D eigenvalue weighted by atomic mass is 32.2. The number of benzene rings is 3. The van der Waals surface area contributed by atoms with Gasteiger partial charge < -0.3 is 5.32 Å². The first-order chi connectivity index (χ1) is 14.4. The molecule has 0 aliphatic carbocycles. The molecule has 3 aromatic carbocycles. The summed E-state index contributed by atoms with van der Waals surface area (Å²) in [6.45, 7) is 5.89. The summed E-state index contributed by atoms with van der Waals surface area (Å²) in [5, 5.41) is 3.32. The van der Waals surface area contributed by atoms with E-state index in [2.05, 4.69) is 10.3 Å². The molecule has 0 fully saturated rings. The first kappa shape index (κ1) is 19.9. The topological polar surface area (TPSA) is 64.0 Å². The fraction of sp³-hybridized carbons (Fsp3) is 0.125. The van der Waals surface area contributed by atoms with Gasteiger partial charge in [-0.1, -0.05) is 54.1 Å². The summed E-state index contributed by atoms with van der Waals surface area (Å²) in [5.74, 6) is 0.416. The molecule has 1 aromatic heterocycles. The number of hydrogen-bond donors (Lipinski definition) is 1. The van der Waals surface area contributed by atoms with Gasteiger partial charge in [0.1, 0.15) is 6.33 Å². The van der Waals surface area contributed by atoms with E-state index >= 15 is 0 Å². The van der Waals surface area contributed by atoms with E-state index in [9.17, 15) is 8.42 Å². The average Bonchev–Trinajstić information content (AvgIpc) is 3.14. The lowest BCUT2D eigenvalue weighted by molar-refractivity contribution is 0.593. The van der Waals surface area contributed by atoms with Crippen molar-refractivity contribution in [2.75, 3.05) is 5.32 Å². The van der Waals surface area contributed by atoms with Gasteiger partial charge in [0.15, 0.2) is 5.82 Å². The molecule has 0 unspecified atom stereocenters. The molecule has 4 rings (SSSR count). The molecule has 0 radical (unpaired) electrons. The number of sulfone groups is 1. The number of anilines is 2. The third-order valence-corrected chi connectivity index (χ3v) is 6.79. The normalized spacial score (nSPS) is 11.4. The maximum absolute atomic E-state index is 13.5. The maximum atomic E-state index is 13.5. The van der Waals surface area contributed by atoms with Crippen LogP contribution in [0.4, 0.5) is 11.5 Å². The highest BCUT2D eigenvalue weighted by molar-refractivity contribution is 7.91. The first-order valence-corrected chi connectivity index (χ1v) is 11.1. The van der Waals surface area contributed by atoms with Gasteiger partial charge in [0.2, 0.25) is 14.9 Å². The minimum atomic E-state index is -3.81. The molecule has 1 heterocycles. The van der Waals surface area contributed by atoms with Crippen LogP contribution >= 0.6 is 0 Å². The molecule has 0 saturated carbocycles. The van der Waals surface area contributed by atoms with Crippen LogP contribution in [0, 0.1) is 20.8 Å². The zero-order valence-electron chi connectivity index (χ0n) is 17.1. The molecule has 0 atom stereocenters. The molecule has 0 saturated heterocycles. The fourth-order valence-electron chi connectivity index (χ4n) is 3.33. The van der Waals surface area contributed by atoms with Crippen molar-refractivity contribution >= 4 is 21.3 Å². The Kier molecular flexibility index (Phi) is 5.18. The third kappa shape index (κ3) is 3.62. The van der Waals surface area contributed by atoms with Crippen molar-refractivity contribution in [1.29, 1.82) is 0 Å². The summed E-state index contributed by atoms with van der Waals surface area (Å²) in [4.78, 5) is 4.56. The van der Waals surface area contributed by atoms with Crippen molar-refractivity contribution in [1.82, 2.24) is 9.55 Å². The van der Waals surface area contributed by atoms with E-state index in [4.69, 9.17) is 0 Å². The largest absolute Gasteiger partial charge is 0.339 e. The molecule has 4 aromatic rings. The van der Waals surface area contributed by atoms with Gasteiger partial charge in [-0.05, 0) is 56.2 Å². The van der Waals surface area contributed by atoms with Gasteiger partial charge in [0, 0.05) is 5.69 Å². The van der Waals surface area contributed by atoms with Gasteiger partial charge in [-0.15, -0.1) is 0 Å². The Bertz CT molecular complexity index is 1310. The van der Waals surface area contributed by atoms with Crippen LogP contribution in [0.25, 0.3) is 5.69 Å². The first-order valence-electron chi connectivity index (χ1n) is 9.65. The van der Waals surface area contributed by atoms with E-state index in [1.165, 1.54) is 0 Å². The Morgan fingerprint density at radius 3 is 2.10 bits per heavy atom. The van der Waals surface area contributed by atoms with Gasteiger partial charge >= 0.3 is 0 Å². The zero-order valence-corrected chi connectivity index (χ0v) is 17.9.